The van der Waals surface area contributed by atoms with E-state index in [1.54, 1.807) is 12.1 Å². The van der Waals surface area contributed by atoms with Gasteiger partial charge < -0.3 is 14.8 Å². The summed E-state index contributed by atoms with van der Waals surface area (Å²) in [5.41, 5.74) is 1.76. The molecule has 5 aliphatic rings. The number of hydroxylamine groups is 1. The third-order valence-electron chi connectivity index (χ3n) is 10.2. The lowest BCUT2D eigenvalue weighted by molar-refractivity contribution is -0.237. The van der Waals surface area contributed by atoms with E-state index in [1.165, 1.54) is 36.9 Å². The maximum Gasteiger partial charge on any atom is 0.265 e. The topological polar surface area (TPSA) is 131 Å². The molecule has 1 heterocycles. The molecule has 1 saturated heterocycles. The number of hydrogen-bond donors (Lipinski definition) is 3. The van der Waals surface area contributed by atoms with E-state index < -0.39 is 20.5 Å². The molecule has 0 radical (unpaired) electrons. The van der Waals surface area contributed by atoms with E-state index in [0.29, 0.717) is 30.7 Å². The summed E-state index contributed by atoms with van der Waals surface area (Å²) in [4.78, 5) is 25.5. The van der Waals surface area contributed by atoms with E-state index in [-0.39, 0.29) is 42.3 Å². The normalized spacial score (nSPS) is 35.2. The summed E-state index contributed by atoms with van der Waals surface area (Å²) >= 11 is 0. The number of hydrogen-bond acceptors (Lipinski definition) is 7. The number of sulfone groups is 1. The van der Waals surface area contributed by atoms with Crippen LogP contribution in [0.4, 0.5) is 0 Å². The molecule has 0 aromatic heterocycles. The minimum atomic E-state index is -4.06. The van der Waals surface area contributed by atoms with Crippen molar-refractivity contribution in [2.45, 2.75) is 61.0 Å². The summed E-state index contributed by atoms with van der Waals surface area (Å²) in [5, 5.41) is 12.3. The predicted octanol–water partition coefficient (Wildman–Crippen LogP) is 2.23. The molecule has 1 aromatic rings. The van der Waals surface area contributed by atoms with Crippen molar-refractivity contribution in [2.24, 2.45) is 28.6 Å². The quantitative estimate of drug-likeness (QED) is 0.260. The van der Waals surface area contributed by atoms with Crippen LogP contribution in [-0.2, 0) is 24.2 Å². The highest BCUT2D eigenvalue weighted by molar-refractivity contribution is 7.93. The van der Waals surface area contributed by atoms with E-state index in [0.717, 1.165) is 30.6 Å². The van der Waals surface area contributed by atoms with Crippen LogP contribution in [0.15, 0.2) is 29.2 Å². The first kappa shape index (κ1) is 24.2. The molecule has 1 spiro atoms. The van der Waals surface area contributed by atoms with Gasteiger partial charge in [0.1, 0.15) is 5.75 Å². The fourth-order valence-corrected chi connectivity index (χ4v) is 10.5. The van der Waals surface area contributed by atoms with Crippen molar-refractivity contribution in [1.29, 1.82) is 0 Å². The molecule has 2 bridgehead atoms. The van der Waals surface area contributed by atoms with Crippen molar-refractivity contribution in [3.63, 3.8) is 0 Å². The zero-order valence-electron chi connectivity index (χ0n) is 20.3. The van der Waals surface area contributed by atoms with Crippen molar-refractivity contribution < 1.29 is 32.7 Å². The number of nitrogens with one attached hydrogen (secondary N) is 2. The lowest BCUT2D eigenvalue weighted by Crippen LogP contribution is -2.71. The van der Waals surface area contributed by atoms with Gasteiger partial charge in [0, 0.05) is 19.8 Å². The lowest BCUT2D eigenvalue weighted by atomic mass is 9.32. The van der Waals surface area contributed by atoms with E-state index >= 15 is 0 Å². The van der Waals surface area contributed by atoms with Crippen LogP contribution in [0.5, 0.6) is 5.75 Å². The van der Waals surface area contributed by atoms with Crippen LogP contribution in [0.2, 0.25) is 0 Å². The maximum absolute atomic E-state index is 13.3. The molecule has 5 fully saturated rings. The molecule has 36 heavy (non-hydrogen) atoms. The molecule has 3 N–H and O–H groups in total. The van der Waals surface area contributed by atoms with E-state index in [4.69, 9.17) is 14.7 Å². The van der Waals surface area contributed by atoms with Gasteiger partial charge in [0.15, 0.2) is 14.6 Å². The summed E-state index contributed by atoms with van der Waals surface area (Å²) < 4.78 is 35.9. The van der Waals surface area contributed by atoms with Gasteiger partial charge in [0.2, 0.25) is 5.91 Å². The van der Waals surface area contributed by atoms with Crippen LogP contribution in [0.25, 0.3) is 0 Å². The zero-order valence-corrected chi connectivity index (χ0v) is 21.1. The number of fused-ring (bicyclic) bond motifs is 1. The molecule has 1 aromatic carbocycles. The van der Waals surface area contributed by atoms with Crippen LogP contribution < -0.4 is 15.5 Å². The molecule has 4 saturated carbocycles. The number of carbonyl (C=O) groups excluding carboxylic acids is 2. The molecule has 10 heteroatoms. The van der Waals surface area contributed by atoms with Crippen LogP contribution >= 0.6 is 0 Å². The first-order valence-electron chi connectivity index (χ1n) is 13.1. The Labute approximate surface area is 211 Å². The van der Waals surface area contributed by atoms with Crippen LogP contribution in [0.3, 0.4) is 0 Å². The van der Waals surface area contributed by atoms with Crippen LogP contribution in [0.1, 0.15) is 51.4 Å². The smallest absolute Gasteiger partial charge is 0.265 e. The number of rotatable bonds is 9. The summed E-state index contributed by atoms with van der Waals surface area (Å²) in [6, 6.07) is 5.97. The Morgan fingerprint density at radius 3 is 2.44 bits per heavy atom. The Bertz CT molecular complexity index is 1160. The second-order valence-corrected chi connectivity index (χ2v) is 13.7. The van der Waals surface area contributed by atoms with Crippen LogP contribution in [-0.4, -0.2) is 56.6 Å². The fourth-order valence-electron chi connectivity index (χ4n) is 8.58. The highest BCUT2D eigenvalue weighted by Crippen LogP contribution is 2.86. The molecule has 2 amide bonds. The van der Waals surface area contributed by atoms with E-state index in [9.17, 15) is 18.0 Å². The van der Waals surface area contributed by atoms with Crippen molar-refractivity contribution in [2.75, 3.05) is 26.4 Å². The Hall–Kier alpha value is -2.17. The molecular weight excluding hydrogens is 484 g/mol. The Balaban J connectivity index is 1.01. The first-order chi connectivity index (χ1) is 17.3. The summed E-state index contributed by atoms with van der Waals surface area (Å²) in [6.45, 7) is 1.19. The van der Waals surface area contributed by atoms with Crippen molar-refractivity contribution >= 4 is 21.7 Å². The highest BCUT2D eigenvalue weighted by Gasteiger charge is 2.82. The Morgan fingerprint density at radius 1 is 1.03 bits per heavy atom. The summed E-state index contributed by atoms with van der Waals surface area (Å²) in [7, 11) is -4.06. The zero-order chi connectivity index (χ0) is 25.2. The van der Waals surface area contributed by atoms with Gasteiger partial charge in [0.05, 0.1) is 16.9 Å². The van der Waals surface area contributed by atoms with Crippen molar-refractivity contribution in [3.05, 3.63) is 24.3 Å². The van der Waals surface area contributed by atoms with Crippen LogP contribution in [0, 0.1) is 28.6 Å². The second kappa shape index (κ2) is 8.43. The number of amides is 2. The molecule has 9 nitrogen and oxygen atoms in total. The standard InChI is InChI=1S/C26H34N2O7S/c29-22(24-14-17-12-18-13-19(16-24)26(18,24)15-17)27-8-1-9-35-20-2-4-21(5-3-20)36(32,33)25(23(30)28-31)6-10-34-11-7-25/h2-5,17-19,31H,1,6-16H2,(H,27,29)(H,28,30). The summed E-state index contributed by atoms with van der Waals surface area (Å²) in [5.74, 6) is 2.14. The molecule has 196 valence electrons. The predicted molar refractivity (Wildman–Crippen MR) is 128 cm³/mol. The number of benzene rings is 1. The van der Waals surface area contributed by atoms with Gasteiger partial charge in [-0.25, -0.2) is 13.9 Å². The number of ether oxygens (including phenoxy) is 2. The maximum atomic E-state index is 13.3. The van der Waals surface area contributed by atoms with E-state index in [2.05, 4.69) is 5.32 Å². The molecular formula is C26H34N2O7S. The van der Waals surface area contributed by atoms with Gasteiger partial charge in [-0.05, 0) is 98.8 Å². The average molecular weight is 519 g/mol. The van der Waals surface area contributed by atoms with Gasteiger partial charge in [0.25, 0.3) is 5.91 Å². The van der Waals surface area contributed by atoms with Crippen molar-refractivity contribution in [3.8, 4) is 5.75 Å². The SMILES string of the molecule is O=C(NCCCOc1ccc(S(=O)(=O)C2(C(=O)NO)CCOCC2)cc1)C12CC3CC4CC(C1)C42C3. The first-order valence-corrected chi connectivity index (χ1v) is 14.6. The monoisotopic (exact) mass is 518 g/mol. The Morgan fingerprint density at radius 2 is 1.78 bits per heavy atom. The fraction of sp³-hybridized carbons (Fsp3) is 0.692. The molecule has 5 atom stereocenters. The molecule has 4 aliphatic carbocycles. The minimum absolute atomic E-state index is 0.00907. The average Bonchev–Trinajstić information content (AvgIpc) is 3.38. The molecule has 6 rings (SSSR count). The number of carbonyl (C=O) groups is 2. The third-order valence-corrected chi connectivity index (χ3v) is 12.7. The highest BCUT2D eigenvalue weighted by atomic mass is 32.2. The van der Waals surface area contributed by atoms with Gasteiger partial charge in [-0.15, -0.1) is 0 Å². The molecule has 5 unspecified atom stereocenters. The third kappa shape index (κ3) is 3.10. The van der Waals surface area contributed by atoms with Gasteiger partial charge in [-0.2, -0.15) is 0 Å². The van der Waals surface area contributed by atoms with Gasteiger partial charge in [-0.1, -0.05) is 0 Å². The minimum Gasteiger partial charge on any atom is -0.494 e. The lowest BCUT2D eigenvalue weighted by Gasteiger charge is -2.71. The Kier molecular flexibility index (Phi) is 5.66. The van der Waals surface area contributed by atoms with Crippen molar-refractivity contribution in [1.82, 2.24) is 10.8 Å². The van der Waals surface area contributed by atoms with Gasteiger partial charge in [-0.3, -0.25) is 14.8 Å². The summed E-state index contributed by atoms with van der Waals surface area (Å²) in [6.07, 6.45) is 6.69. The largest absolute Gasteiger partial charge is 0.494 e. The molecule has 1 aliphatic heterocycles. The second-order valence-electron chi connectivity index (χ2n) is 11.4. The van der Waals surface area contributed by atoms with E-state index in [1.807, 2.05) is 0 Å². The van der Waals surface area contributed by atoms with Gasteiger partial charge >= 0.3 is 0 Å².